The van der Waals surface area contributed by atoms with Crippen LogP contribution in [0.3, 0.4) is 0 Å². The van der Waals surface area contributed by atoms with E-state index in [9.17, 15) is 14.9 Å². The third-order valence-corrected chi connectivity index (χ3v) is 5.61. The summed E-state index contributed by atoms with van der Waals surface area (Å²) in [5.74, 6) is -0.517. The van der Waals surface area contributed by atoms with Crippen LogP contribution in [0.1, 0.15) is 21.5 Å². The van der Waals surface area contributed by atoms with Crippen molar-refractivity contribution >= 4 is 35.2 Å². The van der Waals surface area contributed by atoms with Crippen LogP contribution in [-0.2, 0) is 11.2 Å². The fraction of sp³-hybridized carbons (Fsp3) is 0.115. The lowest BCUT2D eigenvalue weighted by atomic mass is 10.1. The van der Waals surface area contributed by atoms with Crippen LogP contribution in [0.2, 0.25) is 5.02 Å². The van der Waals surface area contributed by atoms with E-state index < -0.39 is 5.97 Å². The Morgan fingerprint density at radius 2 is 1.82 bits per heavy atom. The molecule has 1 amide bonds. The molecule has 1 heterocycles. The molecule has 3 aromatic carbocycles. The van der Waals surface area contributed by atoms with Gasteiger partial charge in [0, 0.05) is 12.2 Å². The fourth-order valence-corrected chi connectivity index (χ4v) is 3.86. The number of carbonyl (C=O) groups excluding carboxylic acids is 2. The molecule has 0 saturated heterocycles. The Morgan fingerprint density at radius 1 is 1.06 bits per heavy atom. The van der Waals surface area contributed by atoms with Gasteiger partial charge < -0.3 is 14.4 Å². The smallest absolute Gasteiger partial charge is 0.345 e. The molecule has 1 aliphatic heterocycles. The summed E-state index contributed by atoms with van der Waals surface area (Å²) in [4.78, 5) is 27.1. The maximum absolute atomic E-state index is 13.0. The predicted molar refractivity (Wildman–Crippen MR) is 125 cm³/mol. The SMILES string of the molecule is COc1cc(/C=C(\C#N)C(=O)N2CCc3ccccc32)ccc1OC(=O)c1ccccc1Cl. The number of methoxy groups -OCH3 is 1. The van der Waals surface area contributed by atoms with E-state index in [-0.39, 0.29) is 33.6 Å². The van der Waals surface area contributed by atoms with Gasteiger partial charge in [0.05, 0.1) is 17.7 Å². The summed E-state index contributed by atoms with van der Waals surface area (Å²) in [6, 6.07) is 21.0. The van der Waals surface area contributed by atoms with Gasteiger partial charge in [-0.25, -0.2) is 4.79 Å². The van der Waals surface area contributed by atoms with E-state index in [0.717, 1.165) is 17.7 Å². The highest BCUT2D eigenvalue weighted by atomic mass is 35.5. The molecule has 0 atom stereocenters. The van der Waals surface area contributed by atoms with E-state index >= 15 is 0 Å². The van der Waals surface area contributed by atoms with Gasteiger partial charge in [0.15, 0.2) is 11.5 Å². The Bertz CT molecular complexity index is 1310. The predicted octanol–water partition coefficient (Wildman–Crippen LogP) is 5.06. The van der Waals surface area contributed by atoms with Crippen LogP contribution in [0.25, 0.3) is 6.08 Å². The van der Waals surface area contributed by atoms with Gasteiger partial charge in [-0.05, 0) is 54.0 Å². The highest BCUT2D eigenvalue weighted by Crippen LogP contribution is 2.32. The number of hydrogen-bond donors (Lipinski definition) is 0. The third-order valence-electron chi connectivity index (χ3n) is 5.28. The minimum atomic E-state index is -0.622. The summed E-state index contributed by atoms with van der Waals surface area (Å²) in [7, 11) is 1.44. The molecule has 0 unspecified atom stereocenters. The number of nitrogens with zero attached hydrogens (tertiary/aromatic N) is 2. The molecule has 4 rings (SSSR count). The number of rotatable bonds is 5. The first-order valence-electron chi connectivity index (χ1n) is 10.2. The van der Waals surface area contributed by atoms with E-state index in [0.29, 0.717) is 12.1 Å². The van der Waals surface area contributed by atoms with Crippen LogP contribution < -0.4 is 14.4 Å². The lowest BCUT2D eigenvalue weighted by molar-refractivity contribution is -0.114. The molecule has 0 bridgehead atoms. The molecule has 0 aromatic heterocycles. The first kappa shape index (κ1) is 22.1. The molecule has 3 aromatic rings. The maximum Gasteiger partial charge on any atom is 0.345 e. The van der Waals surface area contributed by atoms with Gasteiger partial charge >= 0.3 is 5.97 Å². The largest absolute Gasteiger partial charge is 0.493 e. The van der Waals surface area contributed by atoms with Gasteiger partial charge in [-0.3, -0.25) is 4.79 Å². The van der Waals surface area contributed by atoms with Crippen molar-refractivity contribution in [2.75, 3.05) is 18.6 Å². The van der Waals surface area contributed by atoms with Gasteiger partial charge in [-0.1, -0.05) is 48.0 Å². The van der Waals surface area contributed by atoms with Crippen LogP contribution >= 0.6 is 11.6 Å². The molecule has 164 valence electrons. The zero-order valence-electron chi connectivity index (χ0n) is 17.7. The second-order valence-corrected chi connectivity index (χ2v) is 7.69. The van der Waals surface area contributed by atoms with Crippen LogP contribution in [0.15, 0.2) is 72.3 Å². The second-order valence-electron chi connectivity index (χ2n) is 7.28. The van der Waals surface area contributed by atoms with Crippen molar-refractivity contribution in [2.45, 2.75) is 6.42 Å². The van der Waals surface area contributed by atoms with Crippen LogP contribution in [-0.4, -0.2) is 25.5 Å². The van der Waals surface area contributed by atoms with Gasteiger partial charge in [0.25, 0.3) is 5.91 Å². The number of hydrogen-bond acceptors (Lipinski definition) is 5. The fourth-order valence-electron chi connectivity index (χ4n) is 3.64. The summed E-state index contributed by atoms with van der Waals surface area (Å²) in [5, 5.41) is 9.92. The number of anilines is 1. The summed E-state index contributed by atoms with van der Waals surface area (Å²) in [5.41, 5.74) is 2.68. The summed E-state index contributed by atoms with van der Waals surface area (Å²) in [6.07, 6.45) is 2.24. The molecule has 0 fully saturated rings. The quantitative estimate of drug-likeness (QED) is 0.231. The Labute approximate surface area is 196 Å². The Kier molecular flexibility index (Phi) is 6.43. The first-order valence-corrected chi connectivity index (χ1v) is 10.6. The van der Waals surface area contributed by atoms with E-state index in [4.69, 9.17) is 21.1 Å². The van der Waals surface area contributed by atoms with Crippen molar-refractivity contribution in [1.29, 1.82) is 5.26 Å². The van der Waals surface area contributed by atoms with Gasteiger partial charge in [0.1, 0.15) is 11.6 Å². The van der Waals surface area contributed by atoms with Crippen molar-refractivity contribution < 1.29 is 19.1 Å². The summed E-state index contributed by atoms with van der Waals surface area (Å²) >= 11 is 6.07. The van der Waals surface area contributed by atoms with Crippen LogP contribution in [0, 0.1) is 11.3 Å². The topological polar surface area (TPSA) is 79.6 Å². The number of amides is 1. The number of benzene rings is 3. The molecule has 6 nitrogen and oxygen atoms in total. The van der Waals surface area contributed by atoms with Crippen molar-refractivity contribution in [3.05, 3.63) is 94.0 Å². The van der Waals surface area contributed by atoms with Gasteiger partial charge in [-0.2, -0.15) is 5.26 Å². The van der Waals surface area contributed by atoms with E-state index in [1.165, 1.54) is 13.2 Å². The third kappa shape index (κ3) is 4.59. The molecule has 1 aliphatic rings. The number of fused-ring (bicyclic) bond motifs is 1. The van der Waals surface area contributed by atoms with Crippen LogP contribution in [0.4, 0.5) is 5.69 Å². The average Bonchev–Trinajstić information content (AvgIpc) is 3.27. The average molecular weight is 459 g/mol. The van der Waals surface area contributed by atoms with E-state index in [1.54, 1.807) is 47.4 Å². The lowest BCUT2D eigenvalue weighted by Crippen LogP contribution is -2.29. The number of ether oxygens (including phenoxy) is 2. The maximum atomic E-state index is 13.0. The molecular formula is C26H19ClN2O4. The van der Waals surface area contributed by atoms with Crippen molar-refractivity contribution in [1.82, 2.24) is 0 Å². The number of para-hydroxylation sites is 1. The molecule has 0 aliphatic carbocycles. The lowest BCUT2D eigenvalue weighted by Gasteiger charge is -2.16. The van der Waals surface area contributed by atoms with Crippen molar-refractivity contribution in [3.8, 4) is 17.6 Å². The molecule has 33 heavy (non-hydrogen) atoms. The molecule has 7 heteroatoms. The Morgan fingerprint density at radius 3 is 2.58 bits per heavy atom. The minimum Gasteiger partial charge on any atom is -0.493 e. The molecule has 0 spiro atoms. The minimum absolute atomic E-state index is 0.00503. The summed E-state index contributed by atoms with van der Waals surface area (Å²) in [6.45, 7) is 0.525. The standard InChI is InChI=1S/C26H19ClN2O4/c1-32-24-15-17(10-11-23(24)33-26(31)20-7-3-4-8-21(20)27)14-19(16-28)25(30)29-13-12-18-6-2-5-9-22(18)29/h2-11,14-15H,12-13H2,1H3/b19-14+. The normalized spacial score (nSPS) is 12.6. The number of esters is 1. The zero-order chi connectivity index (χ0) is 23.4. The van der Waals surface area contributed by atoms with E-state index in [1.807, 2.05) is 30.3 Å². The Hall–Kier alpha value is -4.08. The second kappa shape index (κ2) is 9.60. The molecule has 0 saturated carbocycles. The number of carbonyl (C=O) groups is 2. The van der Waals surface area contributed by atoms with Crippen LogP contribution in [0.5, 0.6) is 11.5 Å². The summed E-state index contributed by atoms with van der Waals surface area (Å²) < 4.78 is 10.8. The highest BCUT2D eigenvalue weighted by Gasteiger charge is 2.26. The van der Waals surface area contributed by atoms with Crippen molar-refractivity contribution in [3.63, 3.8) is 0 Å². The number of halogens is 1. The molecule has 0 radical (unpaired) electrons. The monoisotopic (exact) mass is 458 g/mol. The van der Waals surface area contributed by atoms with Gasteiger partial charge in [-0.15, -0.1) is 0 Å². The molecular weight excluding hydrogens is 440 g/mol. The zero-order valence-corrected chi connectivity index (χ0v) is 18.5. The first-order chi connectivity index (χ1) is 16.0. The molecule has 0 N–H and O–H groups in total. The highest BCUT2D eigenvalue weighted by molar-refractivity contribution is 6.33. The number of nitriles is 1. The van der Waals surface area contributed by atoms with E-state index in [2.05, 4.69) is 0 Å². The van der Waals surface area contributed by atoms with Crippen molar-refractivity contribution in [2.24, 2.45) is 0 Å². The van der Waals surface area contributed by atoms with Gasteiger partial charge in [0.2, 0.25) is 0 Å². The Balaban J connectivity index is 1.58.